The zero-order valence-electron chi connectivity index (χ0n) is 13.4. The number of halogens is 1. The molecule has 0 aliphatic heterocycles. The Morgan fingerprint density at radius 3 is 2.21 bits per heavy atom. The lowest BCUT2D eigenvalue weighted by atomic mass is 10.2. The number of nitrogens with one attached hydrogen (secondary N) is 3. The van der Waals surface area contributed by atoms with E-state index in [0.29, 0.717) is 19.5 Å². The van der Waals surface area contributed by atoms with Crippen molar-refractivity contribution in [3.63, 3.8) is 0 Å². The van der Waals surface area contributed by atoms with E-state index in [9.17, 15) is 14.0 Å². The highest BCUT2D eigenvalue weighted by atomic mass is 19.1. The van der Waals surface area contributed by atoms with Crippen LogP contribution in [0.1, 0.15) is 18.9 Å². The highest BCUT2D eigenvalue weighted by Crippen LogP contribution is 2.13. The molecule has 5 nitrogen and oxygen atoms in total. The van der Waals surface area contributed by atoms with Crippen LogP contribution < -0.4 is 16.0 Å². The summed E-state index contributed by atoms with van der Waals surface area (Å²) in [6.07, 6.45) is 0.328. The van der Waals surface area contributed by atoms with Crippen LogP contribution in [0.4, 0.5) is 15.8 Å². The highest BCUT2D eigenvalue weighted by Gasteiger charge is 2.02. The molecule has 0 heterocycles. The molecule has 0 saturated carbocycles. The van der Waals surface area contributed by atoms with Gasteiger partial charge >= 0.3 is 0 Å². The first-order chi connectivity index (χ1) is 11.5. The van der Waals surface area contributed by atoms with Crippen LogP contribution in [0.25, 0.3) is 0 Å². The van der Waals surface area contributed by atoms with E-state index >= 15 is 0 Å². The van der Waals surface area contributed by atoms with E-state index in [0.717, 1.165) is 16.9 Å². The van der Waals surface area contributed by atoms with Crippen molar-refractivity contribution in [1.29, 1.82) is 0 Å². The molecule has 0 fully saturated rings. The van der Waals surface area contributed by atoms with Gasteiger partial charge in [0.25, 0.3) is 0 Å². The molecule has 0 spiro atoms. The van der Waals surface area contributed by atoms with Gasteiger partial charge in [0.2, 0.25) is 11.8 Å². The van der Waals surface area contributed by atoms with Crippen LogP contribution in [0.2, 0.25) is 0 Å². The molecule has 0 radical (unpaired) electrons. The van der Waals surface area contributed by atoms with Gasteiger partial charge in [0.05, 0.1) is 0 Å². The Hall–Kier alpha value is -2.89. The lowest BCUT2D eigenvalue weighted by Crippen LogP contribution is -2.24. The van der Waals surface area contributed by atoms with Crippen LogP contribution in [0.3, 0.4) is 0 Å². The molecular formula is C18H20FN3O2. The second kappa shape index (κ2) is 8.67. The number of benzene rings is 2. The van der Waals surface area contributed by atoms with Gasteiger partial charge in [-0.1, -0.05) is 12.1 Å². The van der Waals surface area contributed by atoms with Gasteiger partial charge in [-0.25, -0.2) is 4.39 Å². The standard InChI is InChI=1S/C18H20FN3O2/c1-13(23)22-17-8-6-16(7-9-17)20-11-10-18(24)21-12-14-2-4-15(19)5-3-14/h2-9,20H,10-12H2,1H3,(H,21,24)(H,22,23). The van der Waals surface area contributed by atoms with Gasteiger partial charge in [-0.2, -0.15) is 0 Å². The fraction of sp³-hybridized carbons (Fsp3) is 0.222. The zero-order chi connectivity index (χ0) is 17.4. The first kappa shape index (κ1) is 17.5. The predicted molar refractivity (Wildman–Crippen MR) is 92.1 cm³/mol. The maximum Gasteiger partial charge on any atom is 0.222 e. The van der Waals surface area contributed by atoms with Crippen LogP contribution in [-0.2, 0) is 16.1 Å². The first-order valence-electron chi connectivity index (χ1n) is 7.65. The maximum absolute atomic E-state index is 12.8. The smallest absolute Gasteiger partial charge is 0.222 e. The quantitative estimate of drug-likeness (QED) is 0.731. The van der Waals surface area contributed by atoms with Gasteiger partial charge in [-0.3, -0.25) is 9.59 Å². The summed E-state index contributed by atoms with van der Waals surface area (Å²) in [6, 6.07) is 13.3. The Labute approximate surface area is 140 Å². The number of anilines is 2. The number of hydrogen-bond acceptors (Lipinski definition) is 3. The number of carbonyl (C=O) groups is 2. The van der Waals surface area contributed by atoms with Crippen molar-refractivity contribution in [2.75, 3.05) is 17.2 Å². The van der Waals surface area contributed by atoms with E-state index in [1.165, 1.54) is 19.1 Å². The van der Waals surface area contributed by atoms with Crippen molar-refractivity contribution in [1.82, 2.24) is 5.32 Å². The van der Waals surface area contributed by atoms with Gasteiger partial charge in [0, 0.05) is 37.8 Å². The van der Waals surface area contributed by atoms with E-state index in [-0.39, 0.29) is 17.6 Å². The third-order valence-electron chi connectivity index (χ3n) is 3.29. The van der Waals surface area contributed by atoms with Crippen LogP contribution in [-0.4, -0.2) is 18.4 Å². The summed E-state index contributed by atoms with van der Waals surface area (Å²) in [7, 11) is 0. The first-order valence-corrected chi connectivity index (χ1v) is 7.65. The van der Waals surface area contributed by atoms with Crippen molar-refractivity contribution < 1.29 is 14.0 Å². The minimum absolute atomic E-state index is 0.0818. The van der Waals surface area contributed by atoms with E-state index in [4.69, 9.17) is 0 Å². The summed E-state index contributed by atoms with van der Waals surface area (Å²) in [6.45, 7) is 2.33. The summed E-state index contributed by atoms with van der Waals surface area (Å²) in [4.78, 5) is 22.7. The third kappa shape index (κ3) is 6.08. The minimum Gasteiger partial charge on any atom is -0.385 e. The molecule has 6 heteroatoms. The van der Waals surface area contributed by atoms with Gasteiger partial charge in [0.15, 0.2) is 0 Å². The Bertz CT molecular complexity index is 684. The topological polar surface area (TPSA) is 70.2 Å². The fourth-order valence-corrected chi connectivity index (χ4v) is 2.09. The maximum atomic E-state index is 12.8. The lowest BCUT2D eigenvalue weighted by molar-refractivity contribution is -0.121. The minimum atomic E-state index is -0.293. The van der Waals surface area contributed by atoms with Crippen LogP contribution >= 0.6 is 0 Å². The van der Waals surface area contributed by atoms with Crippen LogP contribution in [0.15, 0.2) is 48.5 Å². The molecule has 24 heavy (non-hydrogen) atoms. The molecule has 2 aromatic rings. The Balaban J connectivity index is 1.68. The monoisotopic (exact) mass is 329 g/mol. The van der Waals surface area contributed by atoms with Crippen molar-refractivity contribution in [2.45, 2.75) is 19.9 Å². The Kier molecular flexibility index (Phi) is 6.31. The molecule has 126 valence electrons. The van der Waals surface area contributed by atoms with E-state index in [1.807, 2.05) is 12.1 Å². The second-order valence-corrected chi connectivity index (χ2v) is 5.34. The van der Waals surface area contributed by atoms with Gasteiger partial charge in [-0.05, 0) is 42.0 Å². The fourth-order valence-electron chi connectivity index (χ4n) is 2.09. The predicted octanol–water partition coefficient (Wildman–Crippen LogP) is 2.90. The summed E-state index contributed by atoms with van der Waals surface area (Å²) < 4.78 is 12.8. The molecule has 0 unspecified atom stereocenters. The summed E-state index contributed by atoms with van der Waals surface area (Å²) in [5, 5.41) is 8.61. The molecule has 0 aliphatic carbocycles. The molecule has 2 amide bonds. The molecule has 2 aromatic carbocycles. The molecule has 0 atom stereocenters. The average Bonchev–Trinajstić information content (AvgIpc) is 2.55. The number of amides is 2. The van der Waals surface area contributed by atoms with Crippen LogP contribution in [0.5, 0.6) is 0 Å². The molecular weight excluding hydrogens is 309 g/mol. The normalized spacial score (nSPS) is 10.1. The van der Waals surface area contributed by atoms with E-state index in [1.54, 1.807) is 24.3 Å². The van der Waals surface area contributed by atoms with E-state index in [2.05, 4.69) is 16.0 Å². The summed E-state index contributed by atoms with van der Waals surface area (Å²) in [5.41, 5.74) is 2.45. The van der Waals surface area contributed by atoms with Crippen molar-refractivity contribution >= 4 is 23.2 Å². The van der Waals surface area contributed by atoms with Crippen molar-refractivity contribution in [2.24, 2.45) is 0 Å². The molecule has 0 bridgehead atoms. The largest absolute Gasteiger partial charge is 0.385 e. The molecule has 0 saturated heterocycles. The van der Waals surface area contributed by atoms with Gasteiger partial charge in [0.1, 0.15) is 5.82 Å². The molecule has 2 rings (SSSR count). The third-order valence-corrected chi connectivity index (χ3v) is 3.29. The van der Waals surface area contributed by atoms with Gasteiger partial charge in [-0.15, -0.1) is 0 Å². The van der Waals surface area contributed by atoms with Crippen molar-refractivity contribution in [3.05, 3.63) is 59.9 Å². The SMILES string of the molecule is CC(=O)Nc1ccc(NCCC(=O)NCc2ccc(F)cc2)cc1. The molecule has 0 aliphatic rings. The zero-order valence-corrected chi connectivity index (χ0v) is 13.4. The average molecular weight is 329 g/mol. The van der Waals surface area contributed by atoms with Crippen molar-refractivity contribution in [3.8, 4) is 0 Å². The van der Waals surface area contributed by atoms with E-state index < -0.39 is 0 Å². The number of rotatable bonds is 7. The Morgan fingerprint density at radius 1 is 0.958 bits per heavy atom. The summed E-state index contributed by atoms with van der Waals surface area (Å²) >= 11 is 0. The molecule has 3 N–H and O–H groups in total. The lowest BCUT2D eigenvalue weighted by Gasteiger charge is -2.09. The highest BCUT2D eigenvalue weighted by molar-refractivity contribution is 5.88. The second-order valence-electron chi connectivity index (χ2n) is 5.34. The van der Waals surface area contributed by atoms with Gasteiger partial charge < -0.3 is 16.0 Å². The Morgan fingerprint density at radius 2 is 1.58 bits per heavy atom. The number of hydrogen-bond donors (Lipinski definition) is 3. The number of carbonyl (C=O) groups excluding carboxylic acids is 2. The molecule has 0 aromatic heterocycles. The van der Waals surface area contributed by atoms with Crippen LogP contribution in [0, 0.1) is 5.82 Å². The summed E-state index contributed by atoms with van der Waals surface area (Å²) in [5.74, 6) is -0.492.